The SMILES string of the molecule is CCC(NC(=O)c1ccc(N2CCOCC2)cc1)c1ccccc1. The first kappa shape index (κ1) is 16.5. The number of nitrogens with zero attached hydrogens (tertiary/aromatic N) is 1. The summed E-state index contributed by atoms with van der Waals surface area (Å²) >= 11 is 0. The van der Waals surface area contributed by atoms with E-state index in [4.69, 9.17) is 4.74 Å². The molecule has 0 spiro atoms. The topological polar surface area (TPSA) is 41.6 Å². The van der Waals surface area contributed by atoms with Crippen LogP contribution < -0.4 is 10.2 Å². The first-order valence-corrected chi connectivity index (χ1v) is 8.56. The minimum absolute atomic E-state index is 0.0285. The normalized spacial score (nSPS) is 15.8. The number of nitrogens with one attached hydrogen (secondary N) is 1. The van der Waals surface area contributed by atoms with Crippen molar-refractivity contribution in [1.82, 2.24) is 5.32 Å². The smallest absolute Gasteiger partial charge is 0.251 e. The molecule has 1 N–H and O–H groups in total. The third-order valence-corrected chi connectivity index (χ3v) is 4.42. The highest BCUT2D eigenvalue weighted by Gasteiger charge is 2.15. The molecule has 2 aromatic rings. The van der Waals surface area contributed by atoms with Crippen LogP contribution in [0.25, 0.3) is 0 Å². The molecule has 2 aromatic carbocycles. The average Bonchev–Trinajstić information content (AvgIpc) is 2.67. The third-order valence-electron chi connectivity index (χ3n) is 4.42. The van der Waals surface area contributed by atoms with E-state index < -0.39 is 0 Å². The molecule has 0 bridgehead atoms. The molecule has 1 aliphatic heterocycles. The fourth-order valence-electron chi connectivity index (χ4n) is 2.99. The zero-order valence-corrected chi connectivity index (χ0v) is 14.1. The number of ether oxygens (including phenoxy) is 1. The Labute approximate surface area is 143 Å². The second kappa shape index (κ2) is 7.97. The Hall–Kier alpha value is -2.33. The van der Waals surface area contributed by atoms with Gasteiger partial charge in [-0.2, -0.15) is 0 Å². The number of morpholine rings is 1. The van der Waals surface area contributed by atoms with Crippen molar-refractivity contribution in [3.63, 3.8) is 0 Å². The molecule has 0 radical (unpaired) electrons. The average molecular weight is 324 g/mol. The largest absolute Gasteiger partial charge is 0.378 e. The van der Waals surface area contributed by atoms with Crippen LogP contribution in [0, 0.1) is 0 Å². The highest BCUT2D eigenvalue weighted by atomic mass is 16.5. The van der Waals surface area contributed by atoms with Gasteiger partial charge in [0.15, 0.2) is 0 Å². The Morgan fingerprint density at radius 2 is 1.75 bits per heavy atom. The Kier molecular flexibility index (Phi) is 5.49. The number of hydrogen-bond donors (Lipinski definition) is 1. The Morgan fingerprint density at radius 1 is 1.08 bits per heavy atom. The van der Waals surface area contributed by atoms with Crippen molar-refractivity contribution in [3.8, 4) is 0 Å². The van der Waals surface area contributed by atoms with E-state index in [9.17, 15) is 4.79 Å². The summed E-state index contributed by atoms with van der Waals surface area (Å²) in [5, 5.41) is 3.13. The molecule has 4 heteroatoms. The van der Waals surface area contributed by atoms with Gasteiger partial charge >= 0.3 is 0 Å². The van der Waals surface area contributed by atoms with Gasteiger partial charge in [0.05, 0.1) is 19.3 Å². The van der Waals surface area contributed by atoms with Crippen molar-refractivity contribution in [1.29, 1.82) is 0 Å². The van der Waals surface area contributed by atoms with Crippen molar-refractivity contribution >= 4 is 11.6 Å². The summed E-state index contributed by atoms with van der Waals surface area (Å²) in [5.74, 6) is -0.0285. The lowest BCUT2D eigenvalue weighted by atomic mass is 10.0. The van der Waals surface area contributed by atoms with E-state index >= 15 is 0 Å². The predicted molar refractivity (Wildman–Crippen MR) is 96.4 cm³/mol. The van der Waals surface area contributed by atoms with Gasteiger partial charge in [0.25, 0.3) is 5.91 Å². The van der Waals surface area contributed by atoms with E-state index in [1.54, 1.807) is 0 Å². The zero-order chi connectivity index (χ0) is 16.8. The van der Waals surface area contributed by atoms with Crippen LogP contribution in [0.4, 0.5) is 5.69 Å². The Balaban J connectivity index is 1.66. The number of carbonyl (C=O) groups is 1. The second-order valence-corrected chi connectivity index (χ2v) is 5.99. The van der Waals surface area contributed by atoms with Crippen molar-refractivity contribution in [2.45, 2.75) is 19.4 Å². The highest BCUT2D eigenvalue weighted by Crippen LogP contribution is 2.19. The van der Waals surface area contributed by atoms with E-state index in [0.29, 0.717) is 5.56 Å². The van der Waals surface area contributed by atoms with Gasteiger partial charge < -0.3 is 15.0 Å². The summed E-state index contributed by atoms with van der Waals surface area (Å²) in [5.41, 5.74) is 2.98. The fourth-order valence-corrected chi connectivity index (χ4v) is 2.99. The molecular formula is C20H24N2O2. The van der Waals surface area contributed by atoms with Gasteiger partial charge in [0.2, 0.25) is 0 Å². The molecule has 0 saturated carbocycles. The molecule has 1 atom stereocenters. The summed E-state index contributed by atoms with van der Waals surface area (Å²) in [4.78, 5) is 14.8. The van der Waals surface area contributed by atoms with Crippen molar-refractivity contribution < 1.29 is 9.53 Å². The van der Waals surface area contributed by atoms with E-state index in [-0.39, 0.29) is 11.9 Å². The molecule has 1 aliphatic rings. The van der Waals surface area contributed by atoms with E-state index in [1.807, 2.05) is 42.5 Å². The number of anilines is 1. The minimum Gasteiger partial charge on any atom is -0.378 e. The van der Waals surface area contributed by atoms with Crippen LogP contribution in [0.2, 0.25) is 0 Å². The van der Waals surface area contributed by atoms with Crippen LogP contribution in [0.15, 0.2) is 54.6 Å². The van der Waals surface area contributed by atoms with Crippen LogP contribution in [-0.4, -0.2) is 32.2 Å². The molecule has 4 nitrogen and oxygen atoms in total. The Morgan fingerprint density at radius 3 is 2.38 bits per heavy atom. The summed E-state index contributed by atoms with van der Waals surface area (Å²) < 4.78 is 5.38. The van der Waals surface area contributed by atoms with Gasteiger partial charge in [-0.05, 0) is 36.2 Å². The van der Waals surface area contributed by atoms with E-state index in [1.165, 1.54) is 0 Å². The molecule has 1 amide bonds. The number of carbonyl (C=O) groups excluding carboxylic acids is 1. The number of rotatable bonds is 5. The van der Waals surface area contributed by atoms with Crippen LogP contribution in [0.5, 0.6) is 0 Å². The summed E-state index contributed by atoms with van der Waals surface area (Å²) in [6, 6.07) is 18.0. The number of hydrogen-bond acceptors (Lipinski definition) is 3. The van der Waals surface area contributed by atoms with Crippen LogP contribution >= 0.6 is 0 Å². The molecule has 3 rings (SSSR count). The third kappa shape index (κ3) is 3.95. The first-order chi connectivity index (χ1) is 11.8. The van der Waals surface area contributed by atoms with E-state index in [0.717, 1.165) is 44.0 Å². The molecule has 0 aromatic heterocycles. The van der Waals surface area contributed by atoms with Crippen LogP contribution in [0.1, 0.15) is 35.3 Å². The van der Waals surface area contributed by atoms with Crippen molar-refractivity contribution in [2.75, 3.05) is 31.2 Å². The highest BCUT2D eigenvalue weighted by molar-refractivity contribution is 5.94. The lowest BCUT2D eigenvalue weighted by Gasteiger charge is -2.28. The van der Waals surface area contributed by atoms with Gasteiger partial charge in [0, 0.05) is 24.3 Å². The predicted octanol–water partition coefficient (Wildman–Crippen LogP) is 3.40. The monoisotopic (exact) mass is 324 g/mol. The van der Waals surface area contributed by atoms with Gasteiger partial charge in [0.1, 0.15) is 0 Å². The molecule has 126 valence electrons. The van der Waals surface area contributed by atoms with Crippen LogP contribution in [0.3, 0.4) is 0 Å². The maximum Gasteiger partial charge on any atom is 0.251 e. The molecule has 1 heterocycles. The van der Waals surface area contributed by atoms with Gasteiger partial charge in [-0.25, -0.2) is 0 Å². The lowest BCUT2D eigenvalue weighted by molar-refractivity contribution is 0.0935. The Bertz CT molecular complexity index is 649. The molecule has 1 fully saturated rings. The standard InChI is InChI=1S/C20H24N2O2/c1-2-19(16-6-4-3-5-7-16)21-20(23)17-8-10-18(11-9-17)22-12-14-24-15-13-22/h3-11,19H,2,12-15H2,1H3,(H,21,23). The number of benzene rings is 2. The number of amides is 1. The first-order valence-electron chi connectivity index (χ1n) is 8.56. The minimum atomic E-state index is -0.0285. The van der Waals surface area contributed by atoms with Gasteiger partial charge in [-0.15, -0.1) is 0 Å². The molecule has 1 unspecified atom stereocenters. The maximum absolute atomic E-state index is 12.5. The lowest BCUT2D eigenvalue weighted by Crippen LogP contribution is -2.36. The van der Waals surface area contributed by atoms with E-state index in [2.05, 4.69) is 29.3 Å². The molecule has 24 heavy (non-hydrogen) atoms. The zero-order valence-electron chi connectivity index (χ0n) is 14.1. The summed E-state index contributed by atoms with van der Waals surface area (Å²) in [6.07, 6.45) is 0.863. The van der Waals surface area contributed by atoms with Gasteiger partial charge in [-0.3, -0.25) is 4.79 Å². The maximum atomic E-state index is 12.5. The summed E-state index contributed by atoms with van der Waals surface area (Å²) in [6.45, 7) is 5.41. The molecular weight excluding hydrogens is 300 g/mol. The summed E-state index contributed by atoms with van der Waals surface area (Å²) in [7, 11) is 0. The van der Waals surface area contributed by atoms with Crippen LogP contribution in [-0.2, 0) is 4.74 Å². The molecule has 1 saturated heterocycles. The molecule has 0 aliphatic carbocycles. The van der Waals surface area contributed by atoms with Crippen molar-refractivity contribution in [2.24, 2.45) is 0 Å². The van der Waals surface area contributed by atoms with Gasteiger partial charge in [-0.1, -0.05) is 37.3 Å². The second-order valence-electron chi connectivity index (χ2n) is 5.99. The fraction of sp³-hybridized carbons (Fsp3) is 0.350. The quantitative estimate of drug-likeness (QED) is 0.916. The van der Waals surface area contributed by atoms with Crippen molar-refractivity contribution in [3.05, 3.63) is 65.7 Å².